The molecule has 0 aromatic heterocycles. The van der Waals surface area contributed by atoms with Crippen LogP contribution in [0, 0.1) is 0 Å². The topological polar surface area (TPSA) is 47.0 Å². The van der Waals surface area contributed by atoms with Gasteiger partial charge in [-0.3, -0.25) is 14.6 Å². The van der Waals surface area contributed by atoms with Crippen LogP contribution in [-0.4, -0.2) is 89.8 Å². The number of hydrogen-bond donors (Lipinski definition) is 1. The number of β-amino-alcohol motifs (C(OH)–C–C–N with tert-alkyl or cyclic N) is 1. The molecule has 2 unspecified atom stereocenters. The lowest BCUT2D eigenvalue weighted by molar-refractivity contribution is -0.208. The number of piperidine rings is 1. The minimum Gasteiger partial charge on any atom is -0.382 e. The molecule has 0 spiro atoms. The van der Waals surface area contributed by atoms with Gasteiger partial charge in [0.1, 0.15) is 0 Å². The number of aliphatic hydroxyl groups is 1. The maximum atomic E-state index is 12.4. The van der Waals surface area contributed by atoms with Gasteiger partial charge in [0.15, 0.2) is 6.10 Å². The average Bonchev–Trinajstić information content (AvgIpc) is 2.48. The van der Waals surface area contributed by atoms with Crippen molar-refractivity contribution in [2.24, 2.45) is 0 Å². The van der Waals surface area contributed by atoms with Crippen LogP contribution in [0.4, 0.5) is 13.2 Å². The molecule has 1 N–H and O–H groups in total. The van der Waals surface area contributed by atoms with Gasteiger partial charge in [0.2, 0.25) is 5.91 Å². The highest BCUT2D eigenvalue weighted by molar-refractivity contribution is 5.78. The van der Waals surface area contributed by atoms with Gasteiger partial charge in [-0.2, -0.15) is 13.2 Å². The van der Waals surface area contributed by atoms with Crippen molar-refractivity contribution >= 4 is 5.91 Å². The van der Waals surface area contributed by atoms with Crippen LogP contribution in [0.5, 0.6) is 0 Å². The minimum atomic E-state index is -4.57. The highest BCUT2D eigenvalue weighted by Crippen LogP contribution is 2.21. The summed E-state index contributed by atoms with van der Waals surface area (Å²) in [6.45, 7) is 4.79. The molecule has 23 heavy (non-hydrogen) atoms. The molecule has 2 saturated heterocycles. The number of carbonyl (C=O) groups is 1. The minimum absolute atomic E-state index is 0.112. The van der Waals surface area contributed by atoms with E-state index in [-0.39, 0.29) is 11.9 Å². The Morgan fingerprint density at radius 2 is 1.74 bits per heavy atom. The number of halogens is 3. The number of aliphatic hydroxyl groups excluding tert-OH is 1. The summed E-state index contributed by atoms with van der Waals surface area (Å²) >= 11 is 0. The number of nitrogens with zero attached hydrogens (tertiary/aromatic N) is 3. The second-order valence-electron chi connectivity index (χ2n) is 6.57. The van der Waals surface area contributed by atoms with Crippen molar-refractivity contribution in [3.63, 3.8) is 0 Å². The largest absolute Gasteiger partial charge is 0.415 e. The predicted molar refractivity (Wildman–Crippen MR) is 80.0 cm³/mol. The first kappa shape index (κ1) is 18.5. The number of amides is 1. The maximum Gasteiger partial charge on any atom is 0.415 e. The molecular weight excluding hydrogens is 311 g/mol. The zero-order valence-corrected chi connectivity index (χ0v) is 13.6. The zero-order valence-electron chi connectivity index (χ0n) is 13.6. The second kappa shape index (κ2) is 7.81. The van der Waals surface area contributed by atoms with E-state index >= 15 is 0 Å². The lowest BCUT2D eigenvalue weighted by Gasteiger charge is -2.38. The summed E-state index contributed by atoms with van der Waals surface area (Å²) in [5.41, 5.74) is 0. The molecule has 2 fully saturated rings. The van der Waals surface area contributed by atoms with Crippen LogP contribution >= 0.6 is 0 Å². The molecule has 2 rings (SSSR count). The number of rotatable bonds is 4. The van der Waals surface area contributed by atoms with Crippen LogP contribution in [0.2, 0.25) is 0 Å². The molecule has 0 bridgehead atoms. The van der Waals surface area contributed by atoms with Crippen LogP contribution in [0.25, 0.3) is 0 Å². The van der Waals surface area contributed by atoms with Gasteiger partial charge in [-0.1, -0.05) is 0 Å². The van der Waals surface area contributed by atoms with E-state index in [9.17, 15) is 18.0 Å². The molecule has 134 valence electrons. The summed E-state index contributed by atoms with van der Waals surface area (Å²) < 4.78 is 37.1. The Balaban J connectivity index is 1.73. The lowest BCUT2D eigenvalue weighted by Crippen LogP contribution is -2.53. The number of hydrogen-bond acceptors (Lipinski definition) is 4. The van der Waals surface area contributed by atoms with E-state index < -0.39 is 18.8 Å². The molecule has 2 aliphatic heterocycles. The fourth-order valence-electron chi connectivity index (χ4n) is 3.23. The van der Waals surface area contributed by atoms with Crippen molar-refractivity contribution in [2.75, 3.05) is 45.8 Å². The van der Waals surface area contributed by atoms with E-state index in [0.29, 0.717) is 32.7 Å². The smallest absolute Gasteiger partial charge is 0.382 e. The number of carbonyl (C=O) groups excluding carboxylic acids is 1. The third-order valence-electron chi connectivity index (χ3n) is 4.76. The van der Waals surface area contributed by atoms with Gasteiger partial charge >= 0.3 is 6.18 Å². The van der Waals surface area contributed by atoms with Gasteiger partial charge in [-0.05, 0) is 26.2 Å². The molecule has 0 radical (unpaired) electrons. The summed E-state index contributed by atoms with van der Waals surface area (Å²) in [6, 6.07) is 0.277. The molecule has 5 nitrogen and oxygen atoms in total. The first-order chi connectivity index (χ1) is 10.8. The first-order valence-corrected chi connectivity index (χ1v) is 8.26. The van der Waals surface area contributed by atoms with E-state index in [2.05, 4.69) is 6.92 Å². The van der Waals surface area contributed by atoms with Gasteiger partial charge < -0.3 is 10.0 Å². The predicted octanol–water partition coefficient (Wildman–Crippen LogP) is 0.928. The van der Waals surface area contributed by atoms with E-state index in [1.807, 2.05) is 9.80 Å². The normalized spacial score (nSPS) is 26.3. The summed E-state index contributed by atoms with van der Waals surface area (Å²) in [7, 11) is 0. The molecule has 2 atom stereocenters. The van der Waals surface area contributed by atoms with Gasteiger partial charge in [0.25, 0.3) is 0 Å². The highest BCUT2D eigenvalue weighted by atomic mass is 19.4. The van der Waals surface area contributed by atoms with Crippen molar-refractivity contribution in [2.45, 2.75) is 44.5 Å². The van der Waals surface area contributed by atoms with E-state index in [1.165, 1.54) is 0 Å². The molecule has 0 aromatic rings. The van der Waals surface area contributed by atoms with E-state index in [1.54, 1.807) is 4.90 Å². The van der Waals surface area contributed by atoms with Crippen LogP contribution < -0.4 is 0 Å². The van der Waals surface area contributed by atoms with Crippen molar-refractivity contribution in [3.8, 4) is 0 Å². The van der Waals surface area contributed by atoms with Crippen molar-refractivity contribution < 1.29 is 23.1 Å². The van der Waals surface area contributed by atoms with Crippen molar-refractivity contribution in [1.82, 2.24) is 14.7 Å². The van der Waals surface area contributed by atoms with E-state index in [0.717, 1.165) is 25.8 Å². The van der Waals surface area contributed by atoms with Crippen LogP contribution in [0.15, 0.2) is 0 Å². The third kappa shape index (κ3) is 5.32. The SMILES string of the molecule is CC1CCCCN1C(=O)CN1CCN(CC(O)C(F)(F)F)CC1. The summed E-state index contributed by atoms with van der Waals surface area (Å²) in [6.07, 6.45) is -3.64. The Morgan fingerprint density at radius 3 is 2.30 bits per heavy atom. The van der Waals surface area contributed by atoms with Gasteiger partial charge in [-0.15, -0.1) is 0 Å². The number of likely N-dealkylation sites (tertiary alicyclic amines) is 1. The molecule has 1 amide bonds. The number of alkyl halides is 3. The molecular formula is C15H26F3N3O2. The molecule has 0 saturated carbocycles. The van der Waals surface area contributed by atoms with E-state index in [4.69, 9.17) is 5.11 Å². The molecule has 2 aliphatic rings. The Kier molecular flexibility index (Phi) is 6.27. The van der Waals surface area contributed by atoms with Crippen molar-refractivity contribution in [3.05, 3.63) is 0 Å². The molecule has 0 aromatic carbocycles. The lowest BCUT2D eigenvalue weighted by atomic mass is 10.0. The first-order valence-electron chi connectivity index (χ1n) is 8.26. The Morgan fingerprint density at radius 1 is 1.13 bits per heavy atom. The van der Waals surface area contributed by atoms with Crippen LogP contribution in [0.3, 0.4) is 0 Å². The number of piperazine rings is 1. The fraction of sp³-hybridized carbons (Fsp3) is 0.933. The summed E-state index contributed by atoms with van der Waals surface area (Å²) in [5.74, 6) is 0.112. The highest BCUT2D eigenvalue weighted by Gasteiger charge is 2.39. The fourth-order valence-corrected chi connectivity index (χ4v) is 3.23. The average molecular weight is 337 g/mol. The van der Waals surface area contributed by atoms with Crippen molar-refractivity contribution in [1.29, 1.82) is 0 Å². The monoisotopic (exact) mass is 337 g/mol. The molecule has 8 heteroatoms. The third-order valence-corrected chi connectivity index (χ3v) is 4.76. The molecule has 2 heterocycles. The van der Waals surface area contributed by atoms with Gasteiger partial charge in [0.05, 0.1) is 6.54 Å². The van der Waals surface area contributed by atoms with Crippen LogP contribution in [-0.2, 0) is 4.79 Å². The Labute approximate surface area is 135 Å². The quantitative estimate of drug-likeness (QED) is 0.829. The summed E-state index contributed by atoms with van der Waals surface area (Å²) in [4.78, 5) is 17.9. The Bertz CT molecular complexity index is 398. The standard InChI is InChI=1S/C15H26F3N3O2/c1-12-4-2-3-5-21(12)14(23)11-20-8-6-19(7-9-20)10-13(22)15(16,17)18/h12-13,22H,2-11H2,1H3. The Hall–Kier alpha value is -0.860. The maximum absolute atomic E-state index is 12.4. The van der Waals surface area contributed by atoms with Gasteiger partial charge in [0, 0.05) is 45.3 Å². The second-order valence-corrected chi connectivity index (χ2v) is 6.57. The van der Waals surface area contributed by atoms with Gasteiger partial charge in [-0.25, -0.2) is 0 Å². The summed E-state index contributed by atoms with van der Waals surface area (Å²) in [5, 5.41) is 9.11. The van der Waals surface area contributed by atoms with Crippen LogP contribution in [0.1, 0.15) is 26.2 Å². The zero-order chi connectivity index (χ0) is 17.0. The molecule has 0 aliphatic carbocycles.